The maximum absolute atomic E-state index is 12.1. The average Bonchev–Trinajstić information content (AvgIpc) is 2.54. The quantitative estimate of drug-likeness (QED) is 0.745. The van der Waals surface area contributed by atoms with Crippen molar-refractivity contribution in [2.75, 3.05) is 23.8 Å². The molecule has 0 aliphatic carbocycles. The zero-order valence-electron chi connectivity index (χ0n) is 13.3. The number of benzene rings is 2. The van der Waals surface area contributed by atoms with Gasteiger partial charge in [-0.1, -0.05) is 38.1 Å². The van der Waals surface area contributed by atoms with Gasteiger partial charge in [0.15, 0.2) is 0 Å². The van der Waals surface area contributed by atoms with E-state index in [4.69, 9.17) is 4.74 Å². The molecule has 5 heteroatoms. The van der Waals surface area contributed by atoms with Gasteiger partial charge in [0.2, 0.25) is 5.91 Å². The number of hydrogen-bond acceptors (Lipinski definition) is 3. The summed E-state index contributed by atoms with van der Waals surface area (Å²) >= 11 is 3.41. The van der Waals surface area contributed by atoms with Crippen molar-refractivity contribution < 1.29 is 9.53 Å². The van der Waals surface area contributed by atoms with Crippen molar-refractivity contribution in [1.29, 1.82) is 0 Å². The highest BCUT2D eigenvalue weighted by atomic mass is 79.9. The Hall–Kier alpha value is -2.01. The Labute approximate surface area is 145 Å². The van der Waals surface area contributed by atoms with Gasteiger partial charge in [0.05, 0.1) is 24.5 Å². The van der Waals surface area contributed by atoms with Gasteiger partial charge >= 0.3 is 0 Å². The minimum absolute atomic E-state index is 0.115. The van der Waals surface area contributed by atoms with Gasteiger partial charge in [0.25, 0.3) is 0 Å². The number of para-hydroxylation sites is 3. The number of carbonyl (C=O) groups is 1. The molecule has 0 unspecified atom stereocenters. The molecule has 0 spiro atoms. The monoisotopic (exact) mass is 376 g/mol. The summed E-state index contributed by atoms with van der Waals surface area (Å²) in [6, 6.07) is 15.2. The van der Waals surface area contributed by atoms with Crippen LogP contribution in [0, 0.1) is 5.92 Å². The molecule has 0 aliphatic heterocycles. The van der Waals surface area contributed by atoms with Crippen LogP contribution in [0.5, 0.6) is 5.75 Å². The Kier molecular flexibility index (Phi) is 6.47. The molecule has 1 amide bonds. The van der Waals surface area contributed by atoms with Gasteiger partial charge < -0.3 is 15.4 Å². The first-order valence-electron chi connectivity index (χ1n) is 7.56. The molecule has 122 valence electrons. The minimum atomic E-state index is -0.115. The van der Waals surface area contributed by atoms with Gasteiger partial charge in [-0.15, -0.1) is 0 Å². The summed E-state index contributed by atoms with van der Waals surface area (Å²) < 4.78 is 6.62. The predicted molar refractivity (Wildman–Crippen MR) is 98.0 cm³/mol. The third-order valence-electron chi connectivity index (χ3n) is 3.05. The van der Waals surface area contributed by atoms with E-state index in [-0.39, 0.29) is 12.5 Å². The van der Waals surface area contributed by atoms with Crippen molar-refractivity contribution in [1.82, 2.24) is 0 Å². The number of ether oxygens (including phenoxy) is 1. The van der Waals surface area contributed by atoms with E-state index in [0.717, 1.165) is 21.6 Å². The molecule has 2 aromatic carbocycles. The van der Waals surface area contributed by atoms with Crippen molar-refractivity contribution in [3.05, 3.63) is 53.0 Å². The molecule has 4 nitrogen and oxygen atoms in total. The standard InChI is InChI=1S/C18H21BrN2O2/c1-13(2)12-23-17-10-6-5-9-16(17)20-11-18(22)21-15-8-4-3-7-14(15)19/h3-10,13,20H,11-12H2,1-2H3,(H,21,22). The molecule has 0 radical (unpaired) electrons. The number of anilines is 2. The van der Waals surface area contributed by atoms with Crippen LogP contribution in [0.15, 0.2) is 53.0 Å². The van der Waals surface area contributed by atoms with Gasteiger partial charge in [-0.3, -0.25) is 4.79 Å². The van der Waals surface area contributed by atoms with Crippen LogP contribution in [-0.2, 0) is 4.79 Å². The molecule has 0 aromatic heterocycles. The van der Waals surface area contributed by atoms with Crippen LogP contribution in [0.4, 0.5) is 11.4 Å². The minimum Gasteiger partial charge on any atom is -0.491 e. The van der Waals surface area contributed by atoms with Crippen LogP contribution in [0.1, 0.15) is 13.8 Å². The van der Waals surface area contributed by atoms with Crippen molar-refractivity contribution in [3.63, 3.8) is 0 Å². The molecule has 0 heterocycles. The number of rotatable bonds is 7. The Balaban J connectivity index is 1.93. The maximum Gasteiger partial charge on any atom is 0.243 e. The van der Waals surface area contributed by atoms with Crippen LogP contribution in [0.2, 0.25) is 0 Å². The maximum atomic E-state index is 12.1. The summed E-state index contributed by atoms with van der Waals surface area (Å²) in [5.41, 5.74) is 1.57. The second-order valence-electron chi connectivity index (χ2n) is 5.58. The molecule has 0 bridgehead atoms. The lowest BCUT2D eigenvalue weighted by atomic mass is 10.2. The SMILES string of the molecule is CC(C)COc1ccccc1NCC(=O)Nc1ccccc1Br. The van der Waals surface area contributed by atoms with Crippen LogP contribution in [0.25, 0.3) is 0 Å². The number of hydrogen-bond donors (Lipinski definition) is 2. The highest BCUT2D eigenvalue weighted by Gasteiger charge is 2.08. The van der Waals surface area contributed by atoms with Crippen LogP contribution in [-0.4, -0.2) is 19.1 Å². The topological polar surface area (TPSA) is 50.4 Å². The Morgan fingerprint density at radius 1 is 1.09 bits per heavy atom. The summed E-state index contributed by atoms with van der Waals surface area (Å²) in [7, 11) is 0. The van der Waals surface area contributed by atoms with E-state index in [1.54, 1.807) is 0 Å². The van der Waals surface area contributed by atoms with Crippen molar-refractivity contribution >= 4 is 33.2 Å². The zero-order valence-corrected chi connectivity index (χ0v) is 14.9. The number of carbonyl (C=O) groups excluding carboxylic acids is 1. The molecular formula is C18H21BrN2O2. The predicted octanol–water partition coefficient (Wildman–Crippen LogP) is 4.53. The van der Waals surface area contributed by atoms with Crippen LogP contribution < -0.4 is 15.4 Å². The van der Waals surface area contributed by atoms with Crippen LogP contribution in [0.3, 0.4) is 0 Å². The Morgan fingerprint density at radius 2 is 1.74 bits per heavy atom. The largest absolute Gasteiger partial charge is 0.491 e. The van der Waals surface area contributed by atoms with Gasteiger partial charge in [0.1, 0.15) is 5.75 Å². The van der Waals surface area contributed by atoms with Crippen molar-refractivity contribution in [2.45, 2.75) is 13.8 Å². The van der Waals surface area contributed by atoms with E-state index >= 15 is 0 Å². The van der Waals surface area contributed by atoms with E-state index in [2.05, 4.69) is 40.4 Å². The molecular weight excluding hydrogens is 356 g/mol. The molecule has 2 N–H and O–H groups in total. The third-order valence-corrected chi connectivity index (χ3v) is 3.74. The average molecular weight is 377 g/mol. The fourth-order valence-electron chi connectivity index (χ4n) is 1.93. The van der Waals surface area contributed by atoms with E-state index in [9.17, 15) is 4.79 Å². The second-order valence-corrected chi connectivity index (χ2v) is 6.44. The summed E-state index contributed by atoms with van der Waals surface area (Å²) in [6.45, 7) is 5.01. The summed E-state index contributed by atoms with van der Waals surface area (Å²) in [5, 5.41) is 5.99. The summed E-state index contributed by atoms with van der Waals surface area (Å²) in [5.74, 6) is 1.09. The fourth-order valence-corrected chi connectivity index (χ4v) is 2.31. The fraction of sp³-hybridized carbons (Fsp3) is 0.278. The van der Waals surface area contributed by atoms with Gasteiger partial charge in [-0.05, 0) is 46.1 Å². The zero-order chi connectivity index (χ0) is 16.7. The third kappa shape index (κ3) is 5.60. The van der Waals surface area contributed by atoms with Crippen molar-refractivity contribution in [3.8, 4) is 5.75 Å². The van der Waals surface area contributed by atoms with E-state index in [0.29, 0.717) is 12.5 Å². The second kappa shape index (κ2) is 8.58. The van der Waals surface area contributed by atoms with E-state index in [1.165, 1.54) is 0 Å². The molecule has 0 fully saturated rings. The van der Waals surface area contributed by atoms with Gasteiger partial charge in [-0.2, -0.15) is 0 Å². The smallest absolute Gasteiger partial charge is 0.243 e. The Bertz CT molecular complexity index is 659. The van der Waals surface area contributed by atoms with Gasteiger partial charge in [0, 0.05) is 4.47 Å². The molecule has 23 heavy (non-hydrogen) atoms. The number of nitrogens with one attached hydrogen (secondary N) is 2. The normalized spacial score (nSPS) is 10.4. The number of amides is 1. The first-order chi connectivity index (χ1) is 11.1. The molecule has 2 rings (SSSR count). The summed E-state index contributed by atoms with van der Waals surface area (Å²) in [6.07, 6.45) is 0. The van der Waals surface area contributed by atoms with Gasteiger partial charge in [-0.25, -0.2) is 0 Å². The van der Waals surface area contributed by atoms with E-state index < -0.39 is 0 Å². The highest BCUT2D eigenvalue weighted by Crippen LogP contribution is 2.24. The molecule has 0 aliphatic rings. The molecule has 0 saturated heterocycles. The first-order valence-corrected chi connectivity index (χ1v) is 8.35. The van der Waals surface area contributed by atoms with Crippen LogP contribution >= 0.6 is 15.9 Å². The van der Waals surface area contributed by atoms with Crippen molar-refractivity contribution in [2.24, 2.45) is 5.92 Å². The molecule has 0 atom stereocenters. The molecule has 2 aromatic rings. The molecule has 0 saturated carbocycles. The van der Waals surface area contributed by atoms with E-state index in [1.807, 2.05) is 48.5 Å². The summed E-state index contributed by atoms with van der Waals surface area (Å²) in [4.78, 5) is 12.1. The lowest BCUT2D eigenvalue weighted by Gasteiger charge is -2.14. The first kappa shape index (κ1) is 17.3. The highest BCUT2D eigenvalue weighted by molar-refractivity contribution is 9.10. The number of halogens is 1. The lowest BCUT2D eigenvalue weighted by Crippen LogP contribution is -2.22. The lowest BCUT2D eigenvalue weighted by molar-refractivity contribution is -0.114. The Morgan fingerprint density at radius 3 is 2.43 bits per heavy atom.